The topological polar surface area (TPSA) is 106 Å². The number of ether oxygens (including phenoxy) is 3. The van der Waals surface area contributed by atoms with Crippen LogP contribution in [0.25, 0.3) is 0 Å². The van der Waals surface area contributed by atoms with E-state index in [1.807, 2.05) is 25.1 Å². The molecule has 2 aromatic rings. The highest BCUT2D eigenvalue weighted by molar-refractivity contribution is 5.57. The lowest BCUT2D eigenvalue weighted by molar-refractivity contribution is 0.294. The predicted molar refractivity (Wildman–Crippen MR) is 101 cm³/mol. The molecule has 0 radical (unpaired) electrons. The highest BCUT2D eigenvalue weighted by Crippen LogP contribution is 2.44. The van der Waals surface area contributed by atoms with E-state index in [2.05, 4.69) is 23.2 Å². The number of aryl methyl sites for hydroxylation is 1. The van der Waals surface area contributed by atoms with Crippen LogP contribution in [0.4, 0.5) is 0 Å². The molecule has 1 aliphatic heterocycles. The van der Waals surface area contributed by atoms with E-state index in [0.29, 0.717) is 29.6 Å². The third-order valence-corrected chi connectivity index (χ3v) is 4.50. The van der Waals surface area contributed by atoms with Gasteiger partial charge in [-0.3, -0.25) is 5.10 Å². The third-order valence-electron chi connectivity index (χ3n) is 4.50. The first kappa shape index (κ1) is 18.6. The Morgan fingerprint density at radius 3 is 2.78 bits per heavy atom. The standard InChI is InChI=1S/C20H24N4O3/c1-4-6-14-18-17(13(11-21)19(22)27-20(18)24-23-14)12-7-8-15(26-9-5-2)16(10-12)25-3/h7-8,10,17H,4-6,9,22H2,1-3H3,(H,23,24)/t17-/m0/s1. The van der Waals surface area contributed by atoms with Gasteiger partial charge in [-0.15, -0.1) is 5.10 Å². The molecular formula is C20H24N4O3. The third kappa shape index (κ3) is 3.43. The van der Waals surface area contributed by atoms with Gasteiger partial charge in [0.05, 0.1) is 19.6 Å². The highest BCUT2D eigenvalue weighted by atomic mass is 16.5. The van der Waals surface area contributed by atoms with Crippen molar-refractivity contribution in [2.45, 2.75) is 39.0 Å². The van der Waals surface area contributed by atoms with Crippen molar-refractivity contribution >= 4 is 0 Å². The van der Waals surface area contributed by atoms with Crippen molar-refractivity contribution < 1.29 is 14.2 Å². The first-order valence-electron chi connectivity index (χ1n) is 9.09. The maximum absolute atomic E-state index is 9.72. The van der Waals surface area contributed by atoms with Gasteiger partial charge in [0.1, 0.15) is 11.6 Å². The largest absolute Gasteiger partial charge is 0.493 e. The molecule has 0 unspecified atom stereocenters. The molecule has 7 nitrogen and oxygen atoms in total. The number of nitriles is 1. The van der Waals surface area contributed by atoms with E-state index in [-0.39, 0.29) is 11.8 Å². The maximum atomic E-state index is 9.72. The van der Waals surface area contributed by atoms with Crippen LogP contribution in [0.1, 0.15) is 49.4 Å². The molecule has 2 heterocycles. The Balaban J connectivity index is 2.11. The second-order valence-corrected chi connectivity index (χ2v) is 6.35. The molecule has 3 N–H and O–H groups in total. The Hall–Kier alpha value is -3.14. The van der Waals surface area contributed by atoms with Gasteiger partial charge in [0.25, 0.3) is 0 Å². The van der Waals surface area contributed by atoms with Crippen LogP contribution < -0.4 is 19.9 Å². The summed E-state index contributed by atoms with van der Waals surface area (Å²) in [6.07, 6.45) is 2.65. The van der Waals surface area contributed by atoms with E-state index in [1.54, 1.807) is 7.11 Å². The van der Waals surface area contributed by atoms with Gasteiger partial charge in [-0.1, -0.05) is 26.3 Å². The van der Waals surface area contributed by atoms with E-state index < -0.39 is 0 Å². The minimum atomic E-state index is -0.367. The number of hydrogen-bond acceptors (Lipinski definition) is 6. The van der Waals surface area contributed by atoms with Crippen LogP contribution in [0.15, 0.2) is 29.7 Å². The summed E-state index contributed by atoms with van der Waals surface area (Å²) in [7, 11) is 1.60. The number of nitrogens with one attached hydrogen (secondary N) is 1. The van der Waals surface area contributed by atoms with Gasteiger partial charge in [0, 0.05) is 11.3 Å². The van der Waals surface area contributed by atoms with Crippen molar-refractivity contribution in [2.75, 3.05) is 13.7 Å². The minimum absolute atomic E-state index is 0.0785. The smallest absolute Gasteiger partial charge is 0.244 e. The molecule has 1 atom stereocenters. The number of aromatic nitrogens is 2. The fourth-order valence-electron chi connectivity index (χ4n) is 3.28. The molecule has 142 valence electrons. The summed E-state index contributed by atoms with van der Waals surface area (Å²) < 4.78 is 16.8. The zero-order chi connectivity index (χ0) is 19.4. The van der Waals surface area contributed by atoms with Crippen LogP contribution in [0.3, 0.4) is 0 Å². The van der Waals surface area contributed by atoms with E-state index >= 15 is 0 Å². The molecular weight excluding hydrogens is 344 g/mol. The maximum Gasteiger partial charge on any atom is 0.244 e. The van der Waals surface area contributed by atoms with E-state index in [9.17, 15) is 5.26 Å². The fraction of sp³-hybridized carbons (Fsp3) is 0.400. The Morgan fingerprint density at radius 1 is 1.30 bits per heavy atom. The number of aromatic amines is 1. The zero-order valence-corrected chi connectivity index (χ0v) is 15.8. The van der Waals surface area contributed by atoms with E-state index in [4.69, 9.17) is 19.9 Å². The summed E-state index contributed by atoms with van der Waals surface area (Å²) in [5.74, 6) is 1.42. The van der Waals surface area contributed by atoms with Crippen molar-refractivity contribution in [3.05, 3.63) is 46.5 Å². The summed E-state index contributed by atoms with van der Waals surface area (Å²) in [5.41, 5.74) is 9.05. The summed E-state index contributed by atoms with van der Waals surface area (Å²) in [5, 5.41) is 17.0. The number of allylic oxidation sites excluding steroid dienone is 1. The molecule has 0 spiro atoms. The molecule has 1 aromatic heterocycles. The summed E-state index contributed by atoms with van der Waals surface area (Å²) in [4.78, 5) is 0. The summed E-state index contributed by atoms with van der Waals surface area (Å²) in [6, 6.07) is 7.89. The van der Waals surface area contributed by atoms with Gasteiger partial charge < -0.3 is 19.9 Å². The Bertz CT molecular complexity index is 895. The van der Waals surface area contributed by atoms with Crippen molar-refractivity contribution in [1.29, 1.82) is 5.26 Å². The second kappa shape index (κ2) is 8.04. The van der Waals surface area contributed by atoms with Crippen LogP contribution in [-0.4, -0.2) is 23.9 Å². The Morgan fingerprint density at radius 2 is 2.11 bits per heavy atom. The van der Waals surface area contributed by atoms with Crippen molar-refractivity contribution in [3.63, 3.8) is 0 Å². The number of rotatable bonds is 7. The van der Waals surface area contributed by atoms with Gasteiger partial charge in [-0.25, -0.2) is 0 Å². The Labute approximate surface area is 158 Å². The molecule has 3 rings (SSSR count). The van der Waals surface area contributed by atoms with Crippen LogP contribution in [0, 0.1) is 11.3 Å². The number of benzene rings is 1. The monoisotopic (exact) mass is 368 g/mol. The van der Waals surface area contributed by atoms with Crippen LogP contribution >= 0.6 is 0 Å². The summed E-state index contributed by atoms with van der Waals surface area (Å²) in [6.45, 7) is 4.74. The molecule has 0 amide bonds. The molecule has 0 aliphatic carbocycles. The quantitative estimate of drug-likeness (QED) is 0.776. The number of fused-ring (bicyclic) bond motifs is 1. The average Bonchev–Trinajstić information content (AvgIpc) is 3.07. The lowest BCUT2D eigenvalue weighted by atomic mass is 9.83. The Kier molecular flexibility index (Phi) is 5.55. The van der Waals surface area contributed by atoms with Crippen molar-refractivity contribution in [1.82, 2.24) is 10.2 Å². The molecule has 1 aliphatic rings. The second-order valence-electron chi connectivity index (χ2n) is 6.35. The highest BCUT2D eigenvalue weighted by Gasteiger charge is 2.35. The lowest BCUT2D eigenvalue weighted by Gasteiger charge is -2.24. The molecule has 0 saturated heterocycles. The van der Waals surface area contributed by atoms with Crippen LogP contribution in [-0.2, 0) is 6.42 Å². The molecule has 0 saturated carbocycles. The number of nitrogens with two attached hydrogens (primary N) is 1. The number of methoxy groups -OCH3 is 1. The molecule has 1 aromatic carbocycles. The fourth-order valence-corrected chi connectivity index (χ4v) is 3.28. The first-order chi connectivity index (χ1) is 13.1. The van der Waals surface area contributed by atoms with E-state index in [0.717, 1.165) is 36.1 Å². The predicted octanol–water partition coefficient (Wildman–Crippen LogP) is 3.38. The zero-order valence-electron chi connectivity index (χ0n) is 15.8. The molecule has 27 heavy (non-hydrogen) atoms. The van der Waals surface area contributed by atoms with Crippen LogP contribution in [0.2, 0.25) is 0 Å². The first-order valence-corrected chi connectivity index (χ1v) is 9.09. The van der Waals surface area contributed by atoms with E-state index in [1.165, 1.54) is 0 Å². The van der Waals surface area contributed by atoms with Gasteiger partial charge >= 0.3 is 0 Å². The van der Waals surface area contributed by atoms with Crippen LogP contribution in [0.5, 0.6) is 17.4 Å². The molecule has 7 heteroatoms. The molecule has 0 bridgehead atoms. The van der Waals surface area contributed by atoms with Crippen molar-refractivity contribution in [3.8, 4) is 23.4 Å². The SMILES string of the molecule is CCCOc1ccc([C@H]2C(C#N)=C(N)Oc3n[nH]c(CCC)c32)cc1OC. The minimum Gasteiger partial charge on any atom is -0.493 e. The average molecular weight is 368 g/mol. The lowest BCUT2D eigenvalue weighted by Crippen LogP contribution is -2.21. The number of hydrogen-bond donors (Lipinski definition) is 2. The van der Waals surface area contributed by atoms with Gasteiger partial charge in [0.15, 0.2) is 11.5 Å². The summed E-state index contributed by atoms with van der Waals surface area (Å²) >= 11 is 0. The van der Waals surface area contributed by atoms with Gasteiger partial charge in [-0.05, 0) is 30.5 Å². The molecule has 0 fully saturated rings. The van der Waals surface area contributed by atoms with Gasteiger partial charge in [-0.2, -0.15) is 5.26 Å². The van der Waals surface area contributed by atoms with Crippen molar-refractivity contribution in [2.24, 2.45) is 5.73 Å². The number of nitrogens with zero attached hydrogens (tertiary/aromatic N) is 2. The number of H-pyrrole nitrogens is 1. The normalized spacial score (nSPS) is 15.7. The van der Waals surface area contributed by atoms with Gasteiger partial charge in [0.2, 0.25) is 11.8 Å².